The minimum Gasteiger partial charge on any atom is -0.350 e. The van der Waals surface area contributed by atoms with Crippen LogP contribution in [-0.4, -0.2) is 19.0 Å². The summed E-state index contributed by atoms with van der Waals surface area (Å²) in [5, 5.41) is 6.36. The Morgan fingerprint density at radius 2 is 2.29 bits per heavy atom. The van der Waals surface area contributed by atoms with Crippen LogP contribution in [0.3, 0.4) is 0 Å². The lowest BCUT2D eigenvalue weighted by Gasteiger charge is -2.28. The summed E-state index contributed by atoms with van der Waals surface area (Å²) in [4.78, 5) is 12.1. The fraction of sp³-hybridized carbons (Fsp3) is 0.588. The summed E-state index contributed by atoms with van der Waals surface area (Å²) < 4.78 is 13.2. The van der Waals surface area contributed by atoms with E-state index in [0.29, 0.717) is 18.3 Å². The molecule has 1 heterocycles. The fourth-order valence-corrected chi connectivity index (χ4v) is 2.98. The molecule has 3 atom stereocenters. The third kappa shape index (κ3) is 4.81. The molecule has 3 nitrogen and oxygen atoms in total. The first-order valence-electron chi connectivity index (χ1n) is 7.82. The lowest BCUT2D eigenvalue weighted by Crippen LogP contribution is -2.36. The minimum atomic E-state index is -0.268. The Bertz CT molecular complexity index is 472. The Morgan fingerprint density at radius 1 is 1.48 bits per heavy atom. The van der Waals surface area contributed by atoms with Gasteiger partial charge in [-0.3, -0.25) is 4.79 Å². The van der Waals surface area contributed by atoms with Crippen molar-refractivity contribution < 1.29 is 9.18 Å². The average molecular weight is 292 g/mol. The number of carbonyl (C=O) groups excluding carboxylic acids is 1. The molecule has 116 valence electrons. The summed E-state index contributed by atoms with van der Waals surface area (Å²) in [6, 6.07) is 6.23. The highest BCUT2D eigenvalue weighted by atomic mass is 19.1. The van der Waals surface area contributed by atoms with Crippen LogP contribution in [0.2, 0.25) is 0 Å². The molecule has 1 aliphatic rings. The molecule has 0 aromatic heterocycles. The van der Waals surface area contributed by atoms with Gasteiger partial charge in [0.25, 0.3) is 0 Å². The van der Waals surface area contributed by atoms with Crippen LogP contribution >= 0.6 is 0 Å². The van der Waals surface area contributed by atoms with Gasteiger partial charge in [0.2, 0.25) is 5.91 Å². The Morgan fingerprint density at radius 3 is 2.95 bits per heavy atom. The molecule has 3 unspecified atom stereocenters. The minimum absolute atomic E-state index is 0.0461. The molecule has 0 aliphatic carbocycles. The summed E-state index contributed by atoms with van der Waals surface area (Å²) in [5.74, 6) is 0.728. The van der Waals surface area contributed by atoms with E-state index in [4.69, 9.17) is 0 Å². The summed E-state index contributed by atoms with van der Waals surface area (Å²) in [7, 11) is 0. The molecular formula is C17H25FN2O. The standard InChI is InChI=1S/C17H25FN2O/c1-12(15-6-4-8-19-11-15)9-17(21)20-13(2)14-5-3-7-16(18)10-14/h3,5,7,10,12-13,15,19H,4,6,8-9,11H2,1-2H3,(H,20,21). The molecule has 2 N–H and O–H groups in total. The highest BCUT2D eigenvalue weighted by Crippen LogP contribution is 2.23. The maximum Gasteiger partial charge on any atom is 0.220 e. The fourth-order valence-electron chi connectivity index (χ4n) is 2.98. The predicted octanol–water partition coefficient (Wildman–Crippen LogP) is 3.03. The quantitative estimate of drug-likeness (QED) is 0.876. The van der Waals surface area contributed by atoms with Crippen LogP contribution in [0.4, 0.5) is 4.39 Å². The Labute approximate surface area is 126 Å². The van der Waals surface area contributed by atoms with Gasteiger partial charge in [-0.05, 0) is 62.4 Å². The first-order valence-corrected chi connectivity index (χ1v) is 7.82. The second kappa shape index (κ2) is 7.55. The molecule has 0 saturated carbocycles. The largest absolute Gasteiger partial charge is 0.350 e. The number of piperidine rings is 1. The number of halogens is 1. The van der Waals surface area contributed by atoms with Gasteiger partial charge in [-0.2, -0.15) is 0 Å². The normalized spacial score (nSPS) is 21.6. The highest BCUT2D eigenvalue weighted by molar-refractivity contribution is 5.76. The molecule has 1 fully saturated rings. The zero-order valence-corrected chi connectivity index (χ0v) is 12.9. The highest BCUT2D eigenvalue weighted by Gasteiger charge is 2.22. The molecule has 0 spiro atoms. The number of rotatable bonds is 5. The van der Waals surface area contributed by atoms with E-state index in [1.54, 1.807) is 6.07 Å². The lowest BCUT2D eigenvalue weighted by molar-refractivity contribution is -0.123. The van der Waals surface area contributed by atoms with E-state index < -0.39 is 0 Å². The Balaban J connectivity index is 1.83. The molecule has 1 amide bonds. The van der Waals surface area contributed by atoms with E-state index in [2.05, 4.69) is 17.6 Å². The zero-order valence-electron chi connectivity index (χ0n) is 12.9. The molecular weight excluding hydrogens is 267 g/mol. The monoisotopic (exact) mass is 292 g/mol. The maximum atomic E-state index is 13.2. The van der Waals surface area contributed by atoms with Crippen molar-refractivity contribution >= 4 is 5.91 Å². The first-order chi connectivity index (χ1) is 10.1. The van der Waals surface area contributed by atoms with Gasteiger partial charge in [0.1, 0.15) is 5.82 Å². The topological polar surface area (TPSA) is 41.1 Å². The van der Waals surface area contributed by atoms with Crippen LogP contribution in [0.25, 0.3) is 0 Å². The number of nitrogens with one attached hydrogen (secondary N) is 2. The van der Waals surface area contributed by atoms with Gasteiger partial charge in [-0.1, -0.05) is 19.1 Å². The average Bonchev–Trinajstić information content (AvgIpc) is 2.48. The molecule has 21 heavy (non-hydrogen) atoms. The van der Waals surface area contributed by atoms with Crippen LogP contribution < -0.4 is 10.6 Å². The first kappa shape index (κ1) is 16.0. The van der Waals surface area contributed by atoms with Crippen molar-refractivity contribution in [2.24, 2.45) is 11.8 Å². The van der Waals surface area contributed by atoms with E-state index in [1.807, 2.05) is 13.0 Å². The van der Waals surface area contributed by atoms with Gasteiger partial charge >= 0.3 is 0 Å². The summed E-state index contributed by atoms with van der Waals surface area (Å²) in [6.07, 6.45) is 2.92. The van der Waals surface area contributed by atoms with Crippen LogP contribution in [-0.2, 0) is 4.79 Å². The van der Waals surface area contributed by atoms with Crippen molar-refractivity contribution in [3.63, 3.8) is 0 Å². The van der Waals surface area contributed by atoms with Crippen LogP contribution in [0.5, 0.6) is 0 Å². The molecule has 0 radical (unpaired) electrons. The van der Waals surface area contributed by atoms with Gasteiger partial charge in [0, 0.05) is 6.42 Å². The Kier molecular flexibility index (Phi) is 5.74. The zero-order chi connectivity index (χ0) is 15.2. The van der Waals surface area contributed by atoms with Gasteiger partial charge in [-0.25, -0.2) is 4.39 Å². The van der Waals surface area contributed by atoms with Crippen molar-refractivity contribution in [2.75, 3.05) is 13.1 Å². The van der Waals surface area contributed by atoms with E-state index >= 15 is 0 Å². The van der Waals surface area contributed by atoms with Crippen molar-refractivity contribution in [3.05, 3.63) is 35.6 Å². The number of amides is 1. The number of carbonyl (C=O) groups is 1. The van der Waals surface area contributed by atoms with E-state index in [-0.39, 0.29) is 17.8 Å². The summed E-state index contributed by atoms with van der Waals surface area (Å²) in [5.41, 5.74) is 0.801. The summed E-state index contributed by atoms with van der Waals surface area (Å²) >= 11 is 0. The summed E-state index contributed by atoms with van der Waals surface area (Å²) in [6.45, 7) is 6.13. The number of benzene rings is 1. The van der Waals surface area contributed by atoms with Crippen molar-refractivity contribution in [1.29, 1.82) is 0 Å². The maximum absolute atomic E-state index is 13.2. The Hall–Kier alpha value is -1.42. The van der Waals surface area contributed by atoms with Gasteiger partial charge in [-0.15, -0.1) is 0 Å². The van der Waals surface area contributed by atoms with Crippen LogP contribution in [0.1, 0.15) is 44.7 Å². The molecule has 1 aliphatic heterocycles. The van der Waals surface area contributed by atoms with Gasteiger partial charge in [0.15, 0.2) is 0 Å². The van der Waals surface area contributed by atoms with E-state index in [1.165, 1.54) is 25.0 Å². The third-order valence-electron chi connectivity index (χ3n) is 4.37. The van der Waals surface area contributed by atoms with Crippen LogP contribution in [0, 0.1) is 17.7 Å². The number of hydrogen-bond donors (Lipinski definition) is 2. The van der Waals surface area contributed by atoms with E-state index in [0.717, 1.165) is 18.7 Å². The van der Waals surface area contributed by atoms with E-state index in [9.17, 15) is 9.18 Å². The van der Waals surface area contributed by atoms with Gasteiger partial charge < -0.3 is 10.6 Å². The molecule has 2 rings (SSSR count). The second-order valence-electron chi connectivity index (χ2n) is 6.13. The predicted molar refractivity (Wildman–Crippen MR) is 82.3 cm³/mol. The lowest BCUT2D eigenvalue weighted by atomic mass is 9.85. The molecule has 0 bridgehead atoms. The number of hydrogen-bond acceptors (Lipinski definition) is 2. The molecule has 1 saturated heterocycles. The van der Waals surface area contributed by atoms with Crippen LogP contribution in [0.15, 0.2) is 24.3 Å². The molecule has 4 heteroatoms. The SMILES string of the molecule is CC(NC(=O)CC(C)C1CCCNC1)c1cccc(F)c1. The van der Waals surface area contributed by atoms with Crippen molar-refractivity contribution in [1.82, 2.24) is 10.6 Å². The second-order valence-corrected chi connectivity index (χ2v) is 6.13. The smallest absolute Gasteiger partial charge is 0.220 e. The van der Waals surface area contributed by atoms with Gasteiger partial charge in [0.05, 0.1) is 6.04 Å². The van der Waals surface area contributed by atoms with Crippen molar-refractivity contribution in [2.45, 2.75) is 39.2 Å². The van der Waals surface area contributed by atoms with Crippen molar-refractivity contribution in [3.8, 4) is 0 Å². The molecule has 1 aromatic rings. The third-order valence-corrected chi connectivity index (χ3v) is 4.37. The molecule has 1 aromatic carbocycles.